The molecule has 2 fully saturated rings. The molecule has 0 spiro atoms. The smallest absolute Gasteiger partial charge is 0.383 e. The normalized spacial score (nSPS) is 21.7. The molecule has 11 nitrogen and oxygen atoms in total. The number of methoxy groups -OCH3 is 1. The third-order valence-electron chi connectivity index (χ3n) is 6.71. The lowest BCUT2D eigenvalue weighted by Crippen LogP contribution is -2.57. The molecule has 2 aliphatic rings. The van der Waals surface area contributed by atoms with Crippen LogP contribution in [0.5, 0.6) is 0 Å². The van der Waals surface area contributed by atoms with Gasteiger partial charge in [0.1, 0.15) is 11.4 Å². The van der Waals surface area contributed by atoms with Crippen LogP contribution in [0.4, 0.5) is 18.9 Å². The molecule has 2 N–H and O–H groups in total. The molecule has 1 aromatic carbocycles. The fourth-order valence-corrected chi connectivity index (χ4v) is 6.22. The van der Waals surface area contributed by atoms with Gasteiger partial charge < -0.3 is 15.0 Å². The maximum atomic E-state index is 14.0. The van der Waals surface area contributed by atoms with Crippen molar-refractivity contribution >= 4 is 26.6 Å². The van der Waals surface area contributed by atoms with Crippen LogP contribution in [0.15, 0.2) is 23.2 Å². The van der Waals surface area contributed by atoms with E-state index in [1.165, 1.54) is 23.0 Å². The Bertz CT molecular complexity index is 1470. The van der Waals surface area contributed by atoms with Crippen molar-refractivity contribution in [3.63, 3.8) is 0 Å². The molecule has 1 saturated heterocycles. The first kappa shape index (κ1) is 26.7. The molecule has 15 heteroatoms. The van der Waals surface area contributed by atoms with E-state index in [4.69, 9.17) is 4.74 Å². The average Bonchev–Trinajstić information content (AvgIpc) is 3.37. The van der Waals surface area contributed by atoms with Gasteiger partial charge in [0.25, 0.3) is 0 Å². The Labute approximate surface area is 217 Å². The van der Waals surface area contributed by atoms with E-state index in [9.17, 15) is 21.6 Å². The number of fused-ring (bicyclic) bond motifs is 1. The number of hydrogen-bond acceptors (Lipinski definition) is 9. The molecule has 2 aromatic heterocycles. The second kappa shape index (κ2) is 9.39. The molecule has 5 rings (SSSR count). The number of sulfonamides is 1. The number of aromatic nitrogens is 5. The number of nitrogens with one attached hydrogen (secondary N) is 2. The van der Waals surface area contributed by atoms with Crippen molar-refractivity contribution in [2.45, 2.75) is 55.4 Å². The number of ether oxygens (including phenoxy) is 1. The summed E-state index contributed by atoms with van der Waals surface area (Å²) in [5, 5.41) is 11.3. The van der Waals surface area contributed by atoms with Gasteiger partial charge in [-0.3, -0.25) is 4.68 Å². The zero-order chi connectivity index (χ0) is 27.5. The zero-order valence-corrected chi connectivity index (χ0v) is 22.2. The molecule has 0 unspecified atom stereocenters. The molecule has 38 heavy (non-hydrogen) atoms. The average molecular weight is 555 g/mol. The molecule has 1 saturated carbocycles. The monoisotopic (exact) mass is 554 g/mol. The summed E-state index contributed by atoms with van der Waals surface area (Å²) >= 11 is 0. The molecule has 0 bridgehead atoms. The van der Waals surface area contributed by atoms with Crippen LogP contribution < -0.4 is 14.9 Å². The summed E-state index contributed by atoms with van der Waals surface area (Å²) in [5.41, 5.74) is -0.390. The van der Waals surface area contributed by atoms with E-state index in [-0.39, 0.29) is 45.0 Å². The molecule has 3 aromatic rings. The Hall–Kier alpha value is -2.88. The van der Waals surface area contributed by atoms with Crippen LogP contribution in [0.3, 0.4) is 0 Å². The Morgan fingerprint density at radius 2 is 1.97 bits per heavy atom. The Morgan fingerprint density at radius 3 is 2.58 bits per heavy atom. The summed E-state index contributed by atoms with van der Waals surface area (Å²) in [5.74, 6) is -1.34. The van der Waals surface area contributed by atoms with Crippen molar-refractivity contribution < 1.29 is 26.3 Å². The maximum absolute atomic E-state index is 14.0. The summed E-state index contributed by atoms with van der Waals surface area (Å²) in [6, 6.07) is 2.53. The molecular weight excluding hydrogens is 525 g/mol. The molecule has 1 aliphatic heterocycles. The van der Waals surface area contributed by atoms with Gasteiger partial charge in [0.05, 0.1) is 28.9 Å². The third kappa shape index (κ3) is 5.32. The number of aryl methyl sites for hydroxylation is 1. The third-order valence-corrected chi connectivity index (χ3v) is 8.33. The van der Waals surface area contributed by atoms with E-state index in [0.29, 0.717) is 32.5 Å². The van der Waals surface area contributed by atoms with E-state index < -0.39 is 27.6 Å². The van der Waals surface area contributed by atoms with Crippen LogP contribution in [0, 0.1) is 0 Å². The van der Waals surface area contributed by atoms with Crippen molar-refractivity contribution in [3.05, 3.63) is 24.2 Å². The van der Waals surface area contributed by atoms with Gasteiger partial charge >= 0.3 is 6.18 Å². The summed E-state index contributed by atoms with van der Waals surface area (Å²) in [4.78, 5) is 9.47. The molecule has 2 atom stereocenters. The second-order valence-corrected chi connectivity index (χ2v) is 12.0. The highest BCUT2D eigenvalue weighted by Crippen LogP contribution is 2.40. The minimum absolute atomic E-state index is 0.0187. The van der Waals surface area contributed by atoms with Crippen molar-refractivity contribution in [1.29, 1.82) is 0 Å². The second-order valence-electron chi connectivity index (χ2n) is 10.3. The zero-order valence-electron chi connectivity index (χ0n) is 21.4. The number of nitrogens with zero attached hydrogens (tertiary/aromatic N) is 6. The predicted molar refractivity (Wildman–Crippen MR) is 133 cm³/mol. The minimum Gasteiger partial charge on any atom is -0.383 e. The molecule has 3 heterocycles. The lowest BCUT2D eigenvalue weighted by atomic mass is 10.1. The van der Waals surface area contributed by atoms with E-state index in [1.54, 1.807) is 14.2 Å². The molecular formula is C23H29F3N8O3S. The van der Waals surface area contributed by atoms with Gasteiger partial charge in [-0.1, -0.05) is 5.21 Å². The van der Waals surface area contributed by atoms with Crippen molar-refractivity contribution in [2.24, 2.45) is 7.05 Å². The quantitative estimate of drug-likeness (QED) is 0.451. The topological polar surface area (TPSA) is 127 Å². The first-order valence-electron chi connectivity index (χ1n) is 12.1. The van der Waals surface area contributed by atoms with Gasteiger partial charge in [-0.25, -0.2) is 23.1 Å². The summed E-state index contributed by atoms with van der Waals surface area (Å²) in [6.07, 6.45) is -2.02. The van der Waals surface area contributed by atoms with Crippen LogP contribution in [-0.4, -0.2) is 77.8 Å². The van der Waals surface area contributed by atoms with Gasteiger partial charge in [-0.05, 0) is 38.8 Å². The van der Waals surface area contributed by atoms with E-state index >= 15 is 0 Å². The van der Waals surface area contributed by atoms with E-state index in [0.717, 1.165) is 0 Å². The highest BCUT2D eigenvalue weighted by molar-refractivity contribution is 7.89. The summed E-state index contributed by atoms with van der Waals surface area (Å²) < 4.78 is 78.2. The number of halogens is 3. The van der Waals surface area contributed by atoms with Crippen molar-refractivity contribution in [3.8, 4) is 11.4 Å². The van der Waals surface area contributed by atoms with Crippen molar-refractivity contribution in [2.75, 3.05) is 31.7 Å². The Balaban J connectivity index is 1.78. The van der Waals surface area contributed by atoms with Gasteiger partial charge in [-0.15, -0.1) is 5.10 Å². The molecule has 0 radical (unpaired) electrons. The lowest BCUT2D eigenvalue weighted by Gasteiger charge is -2.39. The summed E-state index contributed by atoms with van der Waals surface area (Å²) in [6.45, 7) is 4.89. The Kier molecular flexibility index (Phi) is 6.60. The van der Waals surface area contributed by atoms with Crippen molar-refractivity contribution in [1.82, 2.24) is 35.0 Å². The first-order valence-corrected chi connectivity index (χ1v) is 13.6. The maximum Gasteiger partial charge on any atom is 0.451 e. The van der Waals surface area contributed by atoms with Crippen LogP contribution in [0.25, 0.3) is 22.3 Å². The van der Waals surface area contributed by atoms with Crippen LogP contribution in [0.1, 0.15) is 32.5 Å². The molecule has 1 aliphatic carbocycles. The van der Waals surface area contributed by atoms with Crippen LogP contribution in [0.2, 0.25) is 0 Å². The standard InChI is InChI=1S/C23H29F3N8O3S/c1-13-9-34(10-14(27-13)12-37-4)18-8-15(38(35,36)31-22(2)5-6-22)7-16-19(17-11-33(3)32-30-17)28-21(23(24,25)26)29-20(16)18/h7-8,11,13-14,27,31H,5-6,9-10,12H2,1-4H3/t13-,14+/m0/s1. The first-order chi connectivity index (χ1) is 17.8. The molecule has 0 amide bonds. The SMILES string of the molecule is COC[C@H]1CN(c2cc(S(=O)(=O)NC3(C)CC3)cc3c(-c4cn(C)nn4)nc(C(F)(F)F)nc23)C[C@H](C)N1. The molecule has 206 valence electrons. The van der Waals surface area contributed by atoms with Gasteiger partial charge in [0, 0.05) is 50.3 Å². The van der Waals surface area contributed by atoms with Crippen LogP contribution in [-0.2, 0) is 28.0 Å². The summed E-state index contributed by atoms with van der Waals surface area (Å²) in [7, 11) is -0.877. The number of hydrogen-bond donors (Lipinski definition) is 2. The highest BCUT2D eigenvalue weighted by Gasteiger charge is 2.42. The minimum atomic E-state index is -4.84. The van der Waals surface area contributed by atoms with E-state index in [2.05, 4.69) is 30.3 Å². The number of piperazine rings is 1. The number of alkyl halides is 3. The van der Waals surface area contributed by atoms with Gasteiger partial charge in [-0.2, -0.15) is 13.2 Å². The van der Waals surface area contributed by atoms with Gasteiger partial charge in [0.2, 0.25) is 15.8 Å². The number of rotatable bonds is 7. The lowest BCUT2D eigenvalue weighted by molar-refractivity contribution is -0.144. The fourth-order valence-electron chi connectivity index (χ4n) is 4.71. The predicted octanol–water partition coefficient (Wildman–Crippen LogP) is 2.09. The van der Waals surface area contributed by atoms with Gasteiger partial charge in [0.15, 0.2) is 0 Å². The van der Waals surface area contributed by atoms with Crippen LogP contribution >= 0.6 is 0 Å². The fraction of sp³-hybridized carbons (Fsp3) is 0.565. The highest BCUT2D eigenvalue weighted by atomic mass is 32.2. The number of anilines is 1. The number of benzene rings is 1. The Morgan fingerprint density at radius 1 is 1.24 bits per heavy atom. The largest absolute Gasteiger partial charge is 0.451 e. The van der Waals surface area contributed by atoms with E-state index in [1.807, 2.05) is 18.7 Å².